The summed E-state index contributed by atoms with van der Waals surface area (Å²) < 4.78 is 7.11. The molecule has 0 radical (unpaired) electrons. The first-order valence-corrected chi connectivity index (χ1v) is 28.7. The Bertz CT molecular complexity index is 2240. The summed E-state index contributed by atoms with van der Waals surface area (Å²) in [6.07, 6.45) is 22.1. The number of hydrogen-bond donors (Lipinski definition) is 0. The third kappa shape index (κ3) is 8.12. The molecule has 3 aromatic carbocycles. The number of nitrogens with zero attached hydrogens (tertiary/aromatic N) is 2. The molecular formula is C38H30Br2Cl4N2S2Zr2. The quantitative estimate of drug-likeness (QED) is 0.175. The molecule has 50 heavy (non-hydrogen) atoms. The van der Waals surface area contributed by atoms with E-state index in [1.165, 1.54) is 65.5 Å². The van der Waals surface area contributed by atoms with Crippen molar-refractivity contribution in [1.82, 2.24) is 9.97 Å². The van der Waals surface area contributed by atoms with Crippen LogP contribution in [0.1, 0.15) is 43.4 Å². The molecule has 4 aliphatic carbocycles. The minimum absolute atomic E-state index is 0. The molecule has 0 amide bonds. The molecule has 2 aromatic heterocycles. The maximum absolute atomic E-state index is 6.27. The Morgan fingerprint density at radius 2 is 1.28 bits per heavy atom. The van der Waals surface area contributed by atoms with E-state index in [-0.39, 0.29) is 49.6 Å². The van der Waals surface area contributed by atoms with Crippen LogP contribution in [0.4, 0.5) is 0 Å². The molecule has 254 valence electrons. The van der Waals surface area contributed by atoms with Gasteiger partial charge in [-0.25, -0.2) is 0 Å². The second-order valence-electron chi connectivity index (χ2n) is 11.9. The number of pyridine rings is 2. The second-order valence-corrected chi connectivity index (χ2v) is 27.9. The van der Waals surface area contributed by atoms with Crippen LogP contribution in [0.25, 0.3) is 28.3 Å². The molecule has 0 saturated heterocycles. The molecule has 4 aliphatic rings. The van der Waals surface area contributed by atoms with Crippen LogP contribution in [0.3, 0.4) is 0 Å². The molecule has 5 aromatic rings. The van der Waals surface area contributed by atoms with Gasteiger partial charge in [0.05, 0.1) is 0 Å². The maximum atomic E-state index is 6.27. The monoisotopic (exact) mass is 1060 g/mol. The molecule has 1 atom stereocenters. The van der Waals surface area contributed by atoms with Gasteiger partial charge in [-0.05, 0) is 0 Å². The number of fused-ring (bicyclic) bond motifs is 7. The first-order chi connectivity index (χ1) is 22.5. The van der Waals surface area contributed by atoms with Gasteiger partial charge in [-0.1, -0.05) is 0 Å². The zero-order valence-electron chi connectivity index (χ0n) is 26.3. The zero-order chi connectivity index (χ0) is 31.4. The molecule has 0 N–H and O–H groups in total. The van der Waals surface area contributed by atoms with E-state index in [2.05, 4.69) is 133 Å². The van der Waals surface area contributed by atoms with Gasteiger partial charge in [0, 0.05) is 0 Å². The standard InChI is InChI=1S/2C12H7BrN.C9H7.C5H5.4ClH.2S.2Zr/c2*13-10-1-2-11-9(6-10)5-8-3-4-14-7-12(8)11;1-2-5-9-7-3-6-8(9)4-1;1-2-4-5-3-1;;;;;;;;/h2*1,3-4,6-7H,5H2;1-7H;1-3H,4H2;4*1H;;;;. The molecule has 12 heteroatoms. The van der Waals surface area contributed by atoms with Gasteiger partial charge < -0.3 is 0 Å². The van der Waals surface area contributed by atoms with Gasteiger partial charge in [0.2, 0.25) is 0 Å². The van der Waals surface area contributed by atoms with Crippen LogP contribution in [-0.2, 0) is 52.3 Å². The first kappa shape index (κ1) is 42.3. The van der Waals surface area contributed by atoms with E-state index in [4.69, 9.17) is 17.7 Å². The summed E-state index contributed by atoms with van der Waals surface area (Å²) in [4.78, 5) is 8.70. The molecule has 0 fully saturated rings. The Morgan fingerprint density at radius 3 is 1.88 bits per heavy atom. The Hall–Kier alpha value is -0.494. The number of aromatic nitrogens is 2. The summed E-state index contributed by atoms with van der Waals surface area (Å²) in [6, 6.07) is 22.0. The van der Waals surface area contributed by atoms with Crippen molar-refractivity contribution in [2.45, 2.75) is 22.9 Å². The van der Waals surface area contributed by atoms with E-state index in [0.717, 1.165) is 28.2 Å². The van der Waals surface area contributed by atoms with E-state index < -0.39 is 39.4 Å². The predicted molar refractivity (Wildman–Crippen MR) is 224 cm³/mol. The van der Waals surface area contributed by atoms with Gasteiger partial charge in [0.1, 0.15) is 0 Å². The van der Waals surface area contributed by atoms with Crippen molar-refractivity contribution in [3.63, 3.8) is 0 Å². The molecular weight excluding hydrogens is 1030 g/mol. The summed E-state index contributed by atoms with van der Waals surface area (Å²) in [5.74, 6) is 0. The van der Waals surface area contributed by atoms with Crippen LogP contribution in [0.2, 0.25) is 0 Å². The molecule has 0 aliphatic heterocycles. The normalized spacial score (nSPS) is 14.4. The summed E-state index contributed by atoms with van der Waals surface area (Å²) in [5.41, 5.74) is 13.7. The van der Waals surface area contributed by atoms with Crippen molar-refractivity contribution in [2.24, 2.45) is 0 Å². The molecule has 1 unspecified atom stereocenters. The van der Waals surface area contributed by atoms with Crippen molar-refractivity contribution in [3.8, 4) is 22.3 Å². The van der Waals surface area contributed by atoms with E-state index >= 15 is 0 Å². The number of allylic oxidation sites excluding steroid dienone is 5. The van der Waals surface area contributed by atoms with Gasteiger partial charge in [-0.15, -0.1) is 49.6 Å². The molecule has 2 heterocycles. The second kappa shape index (κ2) is 18.2. The summed E-state index contributed by atoms with van der Waals surface area (Å²) in [7, 11) is 12.3. The zero-order valence-corrected chi connectivity index (χ0v) is 39.3. The van der Waals surface area contributed by atoms with E-state index in [0.29, 0.717) is 3.63 Å². The van der Waals surface area contributed by atoms with Crippen LogP contribution >= 0.6 is 99.2 Å². The number of rotatable bonds is 4. The molecule has 0 spiro atoms. The summed E-state index contributed by atoms with van der Waals surface area (Å²) >= 11 is 2.90. The molecule has 0 saturated carbocycles. The van der Waals surface area contributed by atoms with Crippen LogP contribution in [0, 0.1) is 0 Å². The average Bonchev–Trinajstić information content (AvgIpc) is 3.88. The van der Waals surface area contributed by atoms with E-state index in [1.54, 1.807) is 0 Å². The Kier molecular flexibility index (Phi) is 15.4. The van der Waals surface area contributed by atoms with E-state index in [1.807, 2.05) is 24.8 Å². The van der Waals surface area contributed by atoms with Gasteiger partial charge in [0.25, 0.3) is 0 Å². The van der Waals surface area contributed by atoms with Crippen molar-refractivity contribution >= 4 is 112 Å². The fourth-order valence-corrected chi connectivity index (χ4v) is 22.2. The Morgan fingerprint density at radius 1 is 0.700 bits per heavy atom. The third-order valence-electron chi connectivity index (χ3n) is 9.15. The van der Waals surface area contributed by atoms with Crippen molar-refractivity contribution in [3.05, 3.63) is 155 Å². The van der Waals surface area contributed by atoms with Gasteiger partial charge >= 0.3 is 312 Å². The SMILES string of the molecule is Cl.Cl.Cl.Cl.[S]=[Zr]([C]1=CC=CC1)[c]1cc(Br)cc2c1-c1cnccc1C2.[S]=[Zr]([c]1cc(Br)cc2c1-c1cnccc1C2)[CH]1C=Cc2ccccc21. The number of hydrogen-bond acceptors (Lipinski definition) is 4. The number of benzene rings is 3. The van der Waals surface area contributed by atoms with Crippen molar-refractivity contribution in [2.75, 3.05) is 0 Å². The van der Waals surface area contributed by atoms with Crippen LogP contribution in [0.5, 0.6) is 0 Å². The summed E-state index contributed by atoms with van der Waals surface area (Å²) in [5, 5.41) is 0. The molecule has 0 bridgehead atoms. The van der Waals surface area contributed by atoms with Crippen LogP contribution < -0.4 is 6.54 Å². The summed E-state index contributed by atoms with van der Waals surface area (Å²) in [6.45, 7) is 0. The average molecular weight is 1060 g/mol. The fourth-order valence-electron chi connectivity index (χ4n) is 7.06. The van der Waals surface area contributed by atoms with Crippen LogP contribution in [0.15, 0.2) is 122 Å². The molecule has 2 nitrogen and oxygen atoms in total. The van der Waals surface area contributed by atoms with E-state index in [9.17, 15) is 0 Å². The number of halogens is 6. The fraction of sp³-hybridized carbons (Fsp3) is 0.105. The third-order valence-corrected chi connectivity index (χ3v) is 25.1. The Labute approximate surface area is 356 Å². The molecule has 9 rings (SSSR count). The van der Waals surface area contributed by atoms with Crippen molar-refractivity contribution in [1.29, 1.82) is 0 Å². The first-order valence-electron chi connectivity index (χ1n) is 15.2. The van der Waals surface area contributed by atoms with Gasteiger partial charge in [-0.2, -0.15) is 0 Å². The van der Waals surface area contributed by atoms with Crippen LogP contribution in [-0.4, -0.2) is 9.97 Å². The Balaban J connectivity index is 0.000000211. The minimum atomic E-state index is -2.33. The topological polar surface area (TPSA) is 25.8 Å². The van der Waals surface area contributed by atoms with Gasteiger partial charge in [0.15, 0.2) is 0 Å². The van der Waals surface area contributed by atoms with Crippen molar-refractivity contribution < 1.29 is 39.4 Å². The van der Waals surface area contributed by atoms with Gasteiger partial charge in [-0.3, -0.25) is 0 Å². The predicted octanol–water partition coefficient (Wildman–Crippen LogP) is 11.8.